The minimum Gasteiger partial charge on any atom is -0.423 e. The van der Waals surface area contributed by atoms with Crippen molar-refractivity contribution in [1.82, 2.24) is 14.7 Å². The van der Waals surface area contributed by atoms with E-state index in [1.165, 1.54) is 10.5 Å². The molecule has 0 bridgehead atoms. The molecule has 0 aliphatic carbocycles. The highest BCUT2D eigenvalue weighted by molar-refractivity contribution is 6.59. The first kappa shape index (κ1) is 44.5. The molecule has 0 unspecified atom stereocenters. The van der Waals surface area contributed by atoms with Crippen LogP contribution in [0.15, 0.2) is 103 Å². The number of carbonyl (C=O) groups is 2. The molecule has 0 aromatic heterocycles. The van der Waals surface area contributed by atoms with Crippen LogP contribution in [0.1, 0.15) is 82.9 Å². The minimum atomic E-state index is -1.62. The largest absolute Gasteiger partial charge is 0.488 e. The van der Waals surface area contributed by atoms with E-state index in [-0.39, 0.29) is 18.4 Å². The third-order valence-corrected chi connectivity index (χ3v) is 11.5. The smallest absolute Gasteiger partial charge is 0.423 e. The maximum atomic E-state index is 14.0. The molecule has 1 aliphatic heterocycles. The Morgan fingerprint density at radius 1 is 0.600 bits per heavy atom. The van der Waals surface area contributed by atoms with Gasteiger partial charge in [0.1, 0.15) is 0 Å². The maximum Gasteiger partial charge on any atom is 0.488 e. The van der Waals surface area contributed by atoms with Gasteiger partial charge in [-0.3, -0.25) is 24.3 Å². The van der Waals surface area contributed by atoms with Gasteiger partial charge in [-0.05, 0) is 90.3 Å². The van der Waals surface area contributed by atoms with Crippen LogP contribution in [-0.2, 0) is 19.6 Å². The first-order valence-electron chi connectivity index (χ1n) is 21.3. The van der Waals surface area contributed by atoms with Crippen molar-refractivity contribution >= 4 is 59.1 Å². The fraction of sp³-hybridized carbons (Fsp3) is 0.362. The Bertz CT molecular complexity index is 2180. The predicted molar refractivity (Wildman–Crippen MR) is 244 cm³/mol. The SMILES string of the molecule is CCCCNc1ccc2c3c(cccc13)C(=O)N(CCN(CCCCCCN(Cc1ccc(N(C)C)cc1)Cc1ccccc1B(O)O)Cc1ccccc1B(O)O)C2=O. The number of benzene rings is 5. The molecule has 1 aliphatic rings. The summed E-state index contributed by atoms with van der Waals surface area (Å²) in [6.45, 7) is 6.81. The van der Waals surface area contributed by atoms with Crippen LogP contribution in [0, 0.1) is 0 Å². The summed E-state index contributed by atoms with van der Waals surface area (Å²) >= 11 is 0. The quantitative estimate of drug-likeness (QED) is 0.0354. The van der Waals surface area contributed by atoms with E-state index in [9.17, 15) is 29.7 Å². The van der Waals surface area contributed by atoms with E-state index in [4.69, 9.17) is 0 Å². The van der Waals surface area contributed by atoms with Gasteiger partial charge in [0.2, 0.25) is 0 Å². The van der Waals surface area contributed by atoms with Crippen molar-refractivity contribution in [3.8, 4) is 0 Å². The molecule has 5 N–H and O–H groups in total. The monoisotopic (exact) mass is 811 g/mol. The van der Waals surface area contributed by atoms with E-state index in [1.54, 1.807) is 24.3 Å². The number of nitrogens with zero attached hydrogens (tertiary/aromatic N) is 4. The number of rotatable bonds is 23. The molecule has 13 heteroatoms. The molecule has 11 nitrogen and oxygen atoms in total. The number of nitrogens with one attached hydrogen (secondary N) is 1. The highest BCUT2D eigenvalue weighted by atomic mass is 16.4. The van der Waals surface area contributed by atoms with Crippen molar-refractivity contribution in [2.24, 2.45) is 0 Å². The Kier molecular flexibility index (Phi) is 16.0. The zero-order valence-electron chi connectivity index (χ0n) is 35.3. The zero-order chi connectivity index (χ0) is 42.6. The summed E-state index contributed by atoms with van der Waals surface area (Å²) in [5.41, 5.74) is 6.90. The van der Waals surface area contributed by atoms with Crippen molar-refractivity contribution in [2.75, 3.05) is 57.0 Å². The van der Waals surface area contributed by atoms with Crippen LogP contribution in [0.5, 0.6) is 0 Å². The van der Waals surface area contributed by atoms with Gasteiger partial charge < -0.3 is 30.3 Å². The van der Waals surface area contributed by atoms with Gasteiger partial charge in [0, 0.05) is 86.6 Å². The third-order valence-electron chi connectivity index (χ3n) is 11.5. The number of amides is 2. The van der Waals surface area contributed by atoms with Crippen molar-refractivity contribution in [1.29, 1.82) is 0 Å². The first-order chi connectivity index (χ1) is 29.0. The average Bonchev–Trinajstić information content (AvgIpc) is 3.24. The summed E-state index contributed by atoms with van der Waals surface area (Å²) in [7, 11) is 0.885. The van der Waals surface area contributed by atoms with Crippen LogP contribution >= 0.6 is 0 Å². The van der Waals surface area contributed by atoms with Crippen LogP contribution in [0.2, 0.25) is 0 Å². The number of imide groups is 1. The summed E-state index contributed by atoms with van der Waals surface area (Å²) in [5.74, 6) is -0.603. The number of hydrogen-bond acceptors (Lipinski definition) is 10. The van der Waals surface area contributed by atoms with Gasteiger partial charge in [0.05, 0.1) is 0 Å². The van der Waals surface area contributed by atoms with Gasteiger partial charge in [0.15, 0.2) is 0 Å². The second-order valence-corrected chi connectivity index (χ2v) is 16.0. The summed E-state index contributed by atoms with van der Waals surface area (Å²) in [6, 6.07) is 32.6. The molecule has 60 heavy (non-hydrogen) atoms. The molecule has 0 radical (unpaired) electrons. The van der Waals surface area contributed by atoms with Crippen LogP contribution in [0.25, 0.3) is 10.8 Å². The molecule has 2 amide bonds. The van der Waals surface area contributed by atoms with E-state index < -0.39 is 14.2 Å². The van der Waals surface area contributed by atoms with Crippen molar-refractivity contribution in [3.63, 3.8) is 0 Å². The highest BCUT2D eigenvalue weighted by Crippen LogP contribution is 2.34. The normalized spacial score (nSPS) is 12.5. The lowest BCUT2D eigenvalue weighted by Gasteiger charge is -2.31. The van der Waals surface area contributed by atoms with Crippen LogP contribution < -0.4 is 21.1 Å². The summed E-state index contributed by atoms with van der Waals surface area (Å²) in [6.07, 6.45) is 5.81. The summed E-state index contributed by atoms with van der Waals surface area (Å²) in [5, 5.41) is 45.5. The first-order valence-corrected chi connectivity index (χ1v) is 21.3. The topological polar surface area (TPSA) is 140 Å². The molecule has 0 saturated heterocycles. The molecule has 5 aromatic rings. The Hall–Kier alpha value is -5.01. The van der Waals surface area contributed by atoms with E-state index in [0.29, 0.717) is 53.6 Å². The van der Waals surface area contributed by atoms with Gasteiger partial charge in [-0.2, -0.15) is 0 Å². The second kappa shape index (κ2) is 21.5. The number of unbranched alkanes of at least 4 members (excludes halogenated alkanes) is 4. The Morgan fingerprint density at radius 3 is 1.78 bits per heavy atom. The maximum absolute atomic E-state index is 14.0. The van der Waals surface area contributed by atoms with Crippen molar-refractivity contribution in [2.45, 2.75) is 65.1 Å². The van der Waals surface area contributed by atoms with Crippen LogP contribution in [0.3, 0.4) is 0 Å². The van der Waals surface area contributed by atoms with Gasteiger partial charge in [-0.15, -0.1) is 0 Å². The van der Waals surface area contributed by atoms with E-state index in [2.05, 4.69) is 51.2 Å². The average molecular weight is 812 g/mol. The predicted octanol–water partition coefficient (Wildman–Crippen LogP) is 4.84. The van der Waals surface area contributed by atoms with Gasteiger partial charge in [0.25, 0.3) is 11.8 Å². The summed E-state index contributed by atoms with van der Waals surface area (Å²) in [4.78, 5) is 35.9. The van der Waals surface area contributed by atoms with E-state index in [1.807, 2.05) is 68.7 Å². The fourth-order valence-corrected chi connectivity index (χ4v) is 8.15. The molecule has 1 heterocycles. The lowest BCUT2D eigenvalue weighted by atomic mass is 9.77. The molecule has 5 aromatic carbocycles. The molecule has 0 atom stereocenters. The zero-order valence-corrected chi connectivity index (χ0v) is 35.3. The number of hydrogen-bond donors (Lipinski definition) is 5. The lowest BCUT2D eigenvalue weighted by molar-refractivity contribution is 0.0590. The van der Waals surface area contributed by atoms with E-state index >= 15 is 0 Å². The summed E-state index contributed by atoms with van der Waals surface area (Å²) < 4.78 is 0. The number of anilines is 2. The molecule has 0 saturated carbocycles. The van der Waals surface area contributed by atoms with Crippen LogP contribution in [-0.4, -0.2) is 108 Å². The standard InChI is InChI=1S/C47H59B2N5O6/c1-4-5-27-50-44-26-25-41-45-39(44)17-14-18-40(45)46(55)54(47(41)56)31-30-52(33-36-15-8-10-19-42(36)48(57)58)28-12-6-7-13-29-53(32-35-21-23-38(24-22-35)51(2)3)34-37-16-9-11-20-43(37)49(59)60/h8-11,14-26,50,57-60H,4-7,12-13,27-34H2,1-3H3. The molecular formula is C47H59B2N5O6. The van der Waals surface area contributed by atoms with Crippen LogP contribution in [0.4, 0.5) is 11.4 Å². The second-order valence-electron chi connectivity index (χ2n) is 16.0. The molecule has 0 spiro atoms. The third kappa shape index (κ3) is 11.2. The van der Waals surface area contributed by atoms with Crippen molar-refractivity contribution in [3.05, 3.63) is 131 Å². The van der Waals surface area contributed by atoms with Gasteiger partial charge in [-0.25, -0.2) is 0 Å². The van der Waals surface area contributed by atoms with Gasteiger partial charge >= 0.3 is 14.2 Å². The Labute approximate surface area is 355 Å². The number of carbonyl (C=O) groups excluding carboxylic acids is 2. The lowest BCUT2D eigenvalue weighted by Crippen LogP contribution is -2.45. The molecule has 0 fully saturated rings. The van der Waals surface area contributed by atoms with E-state index in [0.717, 1.165) is 86.0 Å². The Morgan fingerprint density at radius 2 is 1.18 bits per heavy atom. The minimum absolute atomic E-state index is 0.197. The molecular weight excluding hydrogens is 752 g/mol. The van der Waals surface area contributed by atoms with Crippen molar-refractivity contribution < 1.29 is 29.7 Å². The highest BCUT2D eigenvalue weighted by Gasteiger charge is 2.33. The molecule has 314 valence electrons. The Balaban J connectivity index is 1.11. The van der Waals surface area contributed by atoms with Gasteiger partial charge in [-0.1, -0.05) is 99.0 Å². The fourth-order valence-electron chi connectivity index (χ4n) is 8.15. The molecule has 6 rings (SSSR count).